The zero-order valence-electron chi connectivity index (χ0n) is 11.8. The van der Waals surface area contributed by atoms with Gasteiger partial charge >= 0.3 is 0 Å². The summed E-state index contributed by atoms with van der Waals surface area (Å²) in [7, 11) is 0. The summed E-state index contributed by atoms with van der Waals surface area (Å²) in [5.74, 6) is 1.10. The summed E-state index contributed by atoms with van der Waals surface area (Å²) in [6.07, 6.45) is 3.51. The Kier molecular flexibility index (Phi) is 4.04. The molecule has 0 amide bonds. The number of piperazine rings is 1. The molecular formula is C16H24N2O. The molecule has 0 saturated carbocycles. The third-order valence-corrected chi connectivity index (χ3v) is 4.38. The monoisotopic (exact) mass is 260 g/mol. The second kappa shape index (κ2) is 5.93. The largest absolute Gasteiger partial charge is 0.493 e. The standard InChI is InChI=1S/C16H24N2O/c1-13(18-9-7-17-8-10-18)2-3-14-4-5-16-15(12-14)6-11-19-16/h4-5,12-13,17H,2-3,6-11H2,1H3. The number of nitrogens with one attached hydrogen (secondary N) is 1. The zero-order valence-corrected chi connectivity index (χ0v) is 11.8. The minimum atomic E-state index is 0.687. The Hall–Kier alpha value is -1.06. The van der Waals surface area contributed by atoms with Crippen molar-refractivity contribution < 1.29 is 4.74 Å². The number of hydrogen-bond acceptors (Lipinski definition) is 3. The molecule has 1 fully saturated rings. The van der Waals surface area contributed by atoms with Crippen LogP contribution in [0.2, 0.25) is 0 Å². The number of benzene rings is 1. The fraction of sp³-hybridized carbons (Fsp3) is 0.625. The van der Waals surface area contributed by atoms with Crippen LogP contribution in [0.1, 0.15) is 24.5 Å². The van der Waals surface area contributed by atoms with E-state index in [0.717, 1.165) is 31.9 Å². The van der Waals surface area contributed by atoms with Crippen molar-refractivity contribution in [3.63, 3.8) is 0 Å². The molecule has 2 aliphatic rings. The summed E-state index contributed by atoms with van der Waals surface area (Å²) in [6.45, 7) is 7.89. The molecule has 3 heteroatoms. The molecule has 0 radical (unpaired) electrons. The summed E-state index contributed by atoms with van der Waals surface area (Å²) >= 11 is 0. The molecule has 0 aliphatic carbocycles. The average Bonchev–Trinajstić information content (AvgIpc) is 2.93. The maximum absolute atomic E-state index is 5.56. The highest BCUT2D eigenvalue weighted by molar-refractivity contribution is 5.39. The third-order valence-electron chi connectivity index (χ3n) is 4.38. The van der Waals surface area contributed by atoms with E-state index in [1.807, 2.05) is 0 Å². The van der Waals surface area contributed by atoms with Crippen molar-refractivity contribution in [2.24, 2.45) is 0 Å². The van der Waals surface area contributed by atoms with E-state index in [1.165, 1.54) is 37.1 Å². The van der Waals surface area contributed by atoms with E-state index < -0.39 is 0 Å². The van der Waals surface area contributed by atoms with Gasteiger partial charge in [0.15, 0.2) is 0 Å². The average molecular weight is 260 g/mol. The van der Waals surface area contributed by atoms with Gasteiger partial charge in [0.25, 0.3) is 0 Å². The quantitative estimate of drug-likeness (QED) is 0.894. The molecule has 1 N–H and O–H groups in total. The number of hydrogen-bond donors (Lipinski definition) is 1. The van der Waals surface area contributed by atoms with Crippen molar-refractivity contribution in [1.82, 2.24) is 10.2 Å². The van der Waals surface area contributed by atoms with Gasteiger partial charge in [0.1, 0.15) is 5.75 Å². The molecule has 2 heterocycles. The van der Waals surface area contributed by atoms with Crippen molar-refractivity contribution in [2.75, 3.05) is 32.8 Å². The topological polar surface area (TPSA) is 24.5 Å². The highest BCUT2D eigenvalue weighted by atomic mass is 16.5. The van der Waals surface area contributed by atoms with Crippen LogP contribution in [-0.2, 0) is 12.8 Å². The van der Waals surface area contributed by atoms with Crippen LogP contribution in [0.4, 0.5) is 0 Å². The van der Waals surface area contributed by atoms with Gasteiger partial charge in [-0.1, -0.05) is 12.1 Å². The van der Waals surface area contributed by atoms with Gasteiger partial charge in [-0.15, -0.1) is 0 Å². The van der Waals surface area contributed by atoms with Crippen LogP contribution in [-0.4, -0.2) is 43.7 Å². The molecule has 0 spiro atoms. The molecule has 3 rings (SSSR count). The molecule has 2 aliphatic heterocycles. The second-order valence-corrected chi connectivity index (χ2v) is 5.71. The van der Waals surface area contributed by atoms with Gasteiger partial charge in [0, 0.05) is 38.6 Å². The van der Waals surface area contributed by atoms with Crippen molar-refractivity contribution >= 4 is 0 Å². The number of ether oxygens (including phenoxy) is 1. The van der Waals surface area contributed by atoms with E-state index in [-0.39, 0.29) is 0 Å². The fourth-order valence-electron chi connectivity index (χ4n) is 3.08. The Bertz CT molecular complexity index is 427. The van der Waals surface area contributed by atoms with Gasteiger partial charge in [0.05, 0.1) is 6.61 Å². The highest BCUT2D eigenvalue weighted by Crippen LogP contribution is 2.26. The van der Waals surface area contributed by atoms with Crippen LogP contribution < -0.4 is 10.1 Å². The van der Waals surface area contributed by atoms with E-state index in [1.54, 1.807) is 0 Å². The van der Waals surface area contributed by atoms with Gasteiger partial charge in [-0.25, -0.2) is 0 Å². The van der Waals surface area contributed by atoms with Crippen LogP contribution in [0, 0.1) is 0 Å². The van der Waals surface area contributed by atoms with E-state index >= 15 is 0 Å². The number of fused-ring (bicyclic) bond motifs is 1. The summed E-state index contributed by atoms with van der Waals surface area (Å²) < 4.78 is 5.56. The van der Waals surface area contributed by atoms with Gasteiger partial charge < -0.3 is 10.1 Å². The van der Waals surface area contributed by atoms with E-state index in [2.05, 4.69) is 35.3 Å². The lowest BCUT2D eigenvalue weighted by Gasteiger charge is -2.32. The van der Waals surface area contributed by atoms with Crippen LogP contribution in [0.25, 0.3) is 0 Å². The van der Waals surface area contributed by atoms with Crippen LogP contribution >= 0.6 is 0 Å². The second-order valence-electron chi connectivity index (χ2n) is 5.71. The molecule has 104 valence electrons. The SMILES string of the molecule is CC(CCc1ccc2c(c1)CCO2)N1CCNCC1. The highest BCUT2D eigenvalue weighted by Gasteiger charge is 2.17. The van der Waals surface area contributed by atoms with E-state index in [4.69, 9.17) is 4.74 Å². The Labute approximate surface area is 115 Å². The maximum Gasteiger partial charge on any atom is 0.122 e. The summed E-state index contributed by atoms with van der Waals surface area (Å²) in [4.78, 5) is 2.60. The van der Waals surface area contributed by atoms with Gasteiger partial charge in [-0.2, -0.15) is 0 Å². The van der Waals surface area contributed by atoms with Crippen molar-refractivity contribution in [3.05, 3.63) is 29.3 Å². The van der Waals surface area contributed by atoms with Crippen LogP contribution in [0.15, 0.2) is 18.2 Å². The molecule has 1 atom stereocenters. The first-order chi connectivity index (χ1) is 9.33. The molecular weight excluding hydrogens is 236 g/mol. The first-order valence-electron chi connectivity index (χ1n) is 7.52. The molecule has 0 aromatic heterocycles. The predicted octanol–water partition coefficient (Wildman–Crippen LogP) is 1.85. The molecule has 1 saturated heterocycles. The molecule has 19 heavy (non-hydrogen) atoms. The summed E-state index contributed by atoms with van der Waals surface area (Å²) in [6, 6.07) is 7.40. The lowest BCUT2D eigenvalue weighted by molar-refractivity contribution is 0.177. The Balaban J connectivity index is 1.53. The van der Waals surface area contributed by atoms with E-state index in [0.29, 0.717) is 6.04 Å². The molecule has 3 nitrogen and oxygen atoms in total. The van der Waals surface area contributed by atoms with Gasteiger partial charge in [-0.3, -0.25) is 4.90 Å². The van der Waals surface area contributed by atoms with Crippen molar-refractivity contribution in [3.8, 4) is 5.75 Å². The first kappa shape index (κ1) is 12.9. The van der Waals surface area contributed by atoms with Crippen LogP contribution in [0.3, 0.4) is 0 Å². The van der Waals surface area contributed by atoms with Gasteiger partial charge in [-0.05, 0) is 37.0 Å². The minimum absolute atomic E-state index is 0.687. The Morgan fingerprint density at radius 2 is 2.16 bits per heavy atom. The molecule has 1 unspecified atom stereocenters. The third kappa shape index (κ3) is 3.10. The first-order valence-corrected chi connectivity index (χ1v) is 7.52. The number of aryl methyl sites for hydroxylation is 1. The zero-order chi connectivity index (χ0) is 13.1. The summed E-state index contributed by atoms with van der Waals surface area (Å²) in [5, 5.41) is 3.42. The summed E-state index contributed by atoms with van der Waals surface area (Å²) in [5.41, 5.74) is 2.86. The normalized spacial score (nSPS) is 20.9. The minimum Gasteiger partial charge on any atom is -0.493 e. The molecule has 0 bridgehead atoms. The number of nitrogens with zero attached hydrogens (tertiary/aromatic N) is 1. The molecule has 1 aromatic carbocycles. The lowest BCUT2D eigenvalue weighted by Crippen LogP contribution is -2.47. The lowest BCUT2D eigenvalue weighted by atomic mass is 10.0. The Morgan fingerprint density at radius 3 is 3.00 bits per heavy atom. The van der Waals surface area contributed by atoms with Gasteiger partial charge in [0.2, 0.25) is 0 Å². The Morgan fingerprint density at radius 1 is 1.32 bits per heavy atom. The molecule has 1 aromatic rings. The maximum atomic E-state index is 5.56. The number of rotatable bonds is 4. The fourth-order valence-corrected chi connectivity index (χ4v) is 3.08. The van der Waals surface area contributed by atoms with Crippen molar-refractivity contribution in [2.45, 2.75) is 32.2 Å². The van der Waals surface area contributed by atoms with E-state index in [9.17, 15) is 0 Å². The smallest absolute Gasteiger partial charge is 0.122 e. The van der Waals surface area contributed by atoms with Crippen LogP contribution in [0.5, 0.6) is 5.75 Å². The predicted molar refractivity (Wildman–Crippen MR) is 77.9 cm³/mol. The van der Waals surface area contributed by atoms with Crippen molar-refractivity contribution in [1.29, 1.82) is 0 Å².